The molecule has 2 nitrogen and oxygen atoms in total. The minimum absolute atomic E-state index is 0.141. The van der Waals surface area contributed by atoms with Crippen LogP contribution in [0.4, 0.5) is 4.39 Å². The van der Waals surface area contributed by atoms with Crippen LogP contribution in [0.25, 0.3) is 0 Å². The summed E-state index contributed by atoms with van der Waals surface area (Å²) in [5.74, 6) is 5.85. The molecule has 0 saturated carbocycles. The van der Waals surface area contributed by atoms with Crippen LogP contribution in [0.2, 0.25) is 0 Å². The molecule has 0 saturated heterocycles. The van der Waals surface area contributed by atoms with Crippen LogP contribution in [0.1, 0.15) is 25.8 Å². The summed E-state index contributed by atoms with van der Waals surface area (Å²) in [6, 6.07) is 6.98. The summed E-state index contributed by atoms with van der Waals surface area (Å²) in [6.45, 7) is 4.26. The van der Waals surface area contributed by atoms with Crippen LogP contribution in [0, 0.1) is 11.7 Å². The van der Waals surface area contributed by atoms with Crippen molar-refractivity contribution in [2.75, 3.05) is 0 Å². The third-order valence-electron chi connectivity index (χ3n) is 2.42. The number of nitrogens with two attached hydrogens (primary N) is 1. The lowest BCUT2D eigenvalue weighted by Crippen LogP contribution is -2.37. The number of rotatable bonds is 5. The first-order valence-corrected chi connectivity index (χ1v) is 5.33. The van der Waals surface area contributed by atoms with Gasteiger partial charge >= 0.3 is 0 Å². The molecule has 1 atom stereocenters. The molecular weight excluding hydrogens is 191 g/mol. The smallest absolute Gasteiger partial charge is 0.126 e. The number of benzene rings is 1. The van der Waals surface area contributed by atoms with Crippen LogP contribution in [-0.2, 0) is 6.42 Å². The summed E-state index contributed by atoms with van der Waals surface area (Å²) in [5, 5.41) is 0. The first-order chi connectivity index (χ1) is 7.13. The lowest BCUT2D eigenvalue weighted by Gasteiger charge is -2.18. The van der Waals surface area contributed by atoms with Crippen molar-refractivity contribution in [2.24, 2.45) is 11.8 Å². The zero-order valence-corrected chi connectivity index (χ0v) is 9.33. The van der Waals surface area contributed by atoms with Gasteiger partial charge in [0.1, 0.15) is 5.82 Å². The lowest BCUT2D eigenvalue weighted by atomic mass is 9.97. The Hall–Kier alpha value is -0.930. The average molecular weight is 210 g/mol. The van der Waals surface area contributed by atoms with Gasteiger partial charge in [0.25, 0.3) is 0 Å². The number of halogens is 1. The Morgan fingerprint density at radius 3 is 2.53 bits per heavy atom. The number of hydrogen-bond donors (Lipinski definition) is 2. The van der Waals surface area contributed by atoms with Gasteiger partial charge in [0, 0.05) is 6.04 Å². The molecule has 0 radical (unpaired) electrons. The Morgan fingerprint density at radius 2 is 2.00 bits per heavy atom. The van der Waals surface area contributed by atoms with Crippen molar-refractivity contribution >= 4 is 0 Å². The molecular formula is C12H19FN2. The summed E-state index contributed by atoms with van der Waals surface area (Å²) in [4.78, 5) is 0. The monoisotopic (exact) mass is 210 g/mol. The minimum Gasteiger partial charge on any atom is -0.271 e. The molecule has 1 rings (SSSR count). The molecule has 0 fully saturated rings. The van der Waals surface area contributed by atoms with Gasteiger partial charge in [-0.15, -0.1) is 0 Å². The van der Waals surface area contributed by atoms with E-state index >= 15 is 0 Å². The third-order valence-corrected chi connectivity index (χ3v) is 2.42. The molecule has 3 N–H and O–H groups in total. The lowest BCUT2D eigenvalue weighted by molar-refractivity contribution is 0.418. The molecule has 0 aliphatic heterocycles. The van der Waals surface area contributed by atoms with E-state index in [1.165, 1.54) is 6.07 Å². The Labute approximate surface area is 90.6 Å². The van der Waals surface area contributed by atoms with E-state index in [4.69, 9.17) is 5.84 Å². The Balaban J connectivity index is 2.62. The molecule has 1 aromatic carbocycles. The maximum atomic E-state index is 13.4. The van der Waals surface area contributed by atoms with Crippen molar-refractivity contribution in [2.45, 2.75) is 32.7 Å². The SMILES string of the molecule is CC(C)CC(Cc1ccccc1F)NN. The summed E-state index contributed by atoms with van der Waals surface area (Å²) in [5.41, 5.74) is 3.47. The van der Waals surface area contributed by atoms with Gasteiger partial charge in [-0.25, -0.2) is 4.39 Å². The minimum atomic E-state index is -0.151. The maximum Gasteiger partial charge on any atom is 0.126 e. The second-order valence-electron chi connectivity index (χ2n) is 4.29. The van der Waals surface area contributed by atoms with E-state index in [0.717, 1.165) is 12.0 Å². The molecule has 0 bridgehead atoms. The highest BCUT2D eigenvalue weighted by Crippen LogP contribution is 2.13. The fraction of sp³-hybridized carbons (Fsp3) is 0.500. The summed E-state index contributed by atoms with van der Waals surface area (Å²) < 4.78 is 13.4. The molecule has 3 heteroatoms. The van der Waals surface area contributed by atoms with Crippen molar-refractivity contribution < 1.29 is 4.39 Å². The van der Waals surface area contributed by atoms with Gasteiger partial charge in [0.05, 0.1) is 0 Å². The summed E-state index contributed by atoms with van der Waals surface area (Å²) in [6.07, 6.45) is 1.59. The van der Waals surface area contributed by atoms with Crippen LogP contribution in [0.3, 0.4) is 0 Å². The van der Waals surface area contributed by atoms with Gasteiger partial charge in [-0.3, -0.25) is 11.3 Å². The topological polar surface area (TPSA) is 38.0 Å². The number of hydrazine groups is 1. The Bertz CT molecular complexity index is 299. The standard InChI is InChI=1S/C12H19FN2/c1-9(2)7-11(15-14)8-10-5-3-4-6-12(10)13/h3-6,9,11,15H,7-8,14H2,1-2H3. The van der Waals surface area contributed by atoms with E-state index in [0.29, 0.717) is 12.3 Å². The molecule has 1 aromatic rings. The zero-order chi connectivity index (χ0) is 11.3. The molecule has 15 heavy (non-hydrogen) atoms. The second kappa shape index (κ2) is 5.83. The molecule has 0 heterocycles. The van der Waals surface area contributed by atoms with Gasteiger partial charge in [0.15, 0.2) is 0 Å². The fourth-order valence-electron chi connectivity index (χ4n) is 1.71. The first-order valence-electron chi connectivity index (χ1n) is 5.33. The summed E-state index contributed by atoms with van der Waals surface area (Å²) >= 11 is 0. The molecule has 0 spiro atoms. The first kappa shape index (κ1) is 12.1. The van der Waals surface area contributed by atoms with Gasteiger partial charge in [0.2, 0.25) is 0 Å². The largest absolute Gasteiger partial charge is 0.271 e. The predicted octanol–water partition coefficient (Wildman–Crippen LogP) is 2.25. The Morgan fingerprint density at radius 1 is 1.33 bits per heavy atom. The van der Waals surface area contributed by atoms with Gasteiger partial charge in [-0.05, 0) is 30.4 Å². The van der Waals surface area contributed by atoms with Crippen LogP contribution < -0.4 is 11.3 Å². The van der Waals surface area contributed by atoms with E-state index < -0.39 is 0 Å². The highest BCUT2D eigenvalue weighted by atomic mass is 19.1. The van der Waals surface area contributed by atoms with Crippen molar-refractivity contribution in [3.05, 3.63) is 35.6 Å². The molecule has 0 aliphatic rings. The fourth-order valence-corrected chi connectivity index (χ4v) is 1.71. The molecule has 0 aliphatic carbocycles. The summed E-state index contributed by atoms with van der Waals surface area (Å²) in [7, 11) is 0. The average Bonchev–Trinajstić information content (AvgIpc) is 2.19. The highest BCUT2D eigenvalue weighted by Gasteiger charge is 2.11. The molecule has 84 valence electrons. The van der Waals surface area contributed by atoms with E-state index in [1.54, 1.807) is 12.1 Å². The van der Waals surface area contributed by atoms with Crippen LogP contribution in [0.15, 0.2) is 24.3 Å². The third kappa shape index (κ3) is 3.98. The van der Waals surface area contributed by atoms with Crippen molar-refractivity contribution in [1.82, 2.24) is 5.43 Å². The second-order valence-corrected chi connectivity index (χ2v) is 4.29. The van der Waals surface area contributed by atoms with Crippen molar-refractivity contribution in [1.29, 1.82) is 0 Å². The molecule has 1 unspecified atom stereocenters. The van der Waals surface area contributed by atoms with Crippen molar-refractivity contribution in [3.8, 4) is 0 Å². The highest BCUT2D eigenvalue weighted by molar-refractivity contribution is 5.18. The van der Waals surface area contributed by atoms with E-state index in [9.17, 15) is 4.39 Å². The Kier molecular flexibility index (Phi) is 4.72. The maximum absolute atomic E-state index is 13.4. The van der Waals surface area contributed by atoms with E-state index in [-0.39, 0.29) is 11.9 Å². The van der Waals surface area contributed by atoms with Crippen LogP contribution in [0.5, 0.6) is 0 Å². The van der Waals surface area contributed by atoms with Gasteiger partial charge in [-0.1, -0.05) is 32.0 Å². The predicted molar refractivity (Wildman–Crippen MR) is 60.7 cm³/mol. The number of hydrogen-bond acceptors (Lipinski definition) is 2. The van der Waals surface area contributed by atoms with Crippen LogP contribution in [-0.4, -0.2) is 6.04 Å². The molecule has 0 amide bonds. The van der Waals surface area contributed by atoms with Crippen LogP contribution >= 0.6 is 0 Å². The van der Waals surface area contributed by atoms with E-state index in [2.05, 4.69) is 19.3 Å². The van der Waals surface area contributed by atoms with Gasteiger partial charge in [-0.2, -0.15) is 0 Å². The van der Waals surface area contributed by atoms with Gasteiger partial charge < -0.3 is 0 Å². The molecule has 0 aromatic heterocycles. The normalized spacial score (nSPS) is 13.1. The zero-order valence-electron chi connectivity index (χ0n) is 9.33. The number of nitrogens with one attached hydrogen (secondary N) is 1. The van der Waals surface area contributed by atoms with E-state index in [1.807, 2.05) is 6.07 Å². The quantitative estimate of drug-likeness (QED) is 0.578. The van der Waals surface area contributed by atoms with Crippen molar-refractivity contribution in [3.63, 3.8) is 0 Å².